The number of halogens is 1. The van der Waals surface area contributed by atoms with Crippen LogP contribution in [0.5, 0.6) is 0 Å². The molecule has 3 fully saturated rings. The molecule has 1 N–H and O–H groups in total. The van der Waals surface area contributed by atoms with E-state index in [0.29, 0.717) is 33.8 Å². The van der Waals surface area contributed by atoms with Gasteiger partial charge in [-0.25, -0.2) is 4.90 Å². The van der Waals surface area contributed by atoms with E-state index in [2.05, 4.69) is 17.5 Å². The molecule has 0 radical (unpaired) electrons. The molecule has 0 aromatic heterocycles. The topological polar surface area (TPSA) is 66.5 Å². The quantitative estimate of drug-likeness (QED) is 0.601. The third-order valence-corrected chi connectivity index (χ3v) is 7.48. The molecule has 0 spiro atoms. The molecule has 1 aliphatic heterocycles. The van der Waals surface area contributed by atoms with Crippen molar-refractivity contribution < 1.29 is 14.4 Å². The molecule has 1 saturated heterocycles. The highest BCUT2D eigenvalue weighted by Crippen LogP contribution is 2.65. The van der Waals surface area contributed by atoms with Gasteiger partial charge in [0.1, 0.15) is 0 Å². The Labute approximate surface area is 178 Å². The summed E-state index contributed by atoms with van der Waals surface area (Å²) in [5.41, 5.74) is 1.34. The molecular weight excluding hydrogens is 400 g/mol. The van der Waals surface area contributed by atoms with Gasteiger partial charge in [-0.3, -0.25) is 14.4 Å². The minimum atomic E-state index is -0.343. The Morgan fingerprint density at radius 3 is 2.27 bits per heavy atom. The fourth-order valence-electron chi connectivity index (χ4n) is 5.75. The van der Waals surface area contributed by atoms with Gasteiger partial charge >= 0.3 is 0 Å². The first-order valence-corrected chi connectivity index (χ1v) is 10.6. The number of hydrogen-bond donors (Lipinski definition) is 1. The fourth-order valence-corrected chi connectivity index (χ4v) is 5.94. The first-order valence-electron chi connectivity index (χ1n) is 10.3. The lowest BCUT2D eigenvalue weighted by Crippen LogP contribution is -2.40. The highest BCUT2D eigenvalue weighted by molar-refractivity contribution is 6.34. The zero-order valence-corrected chi connectivity index (χ0v) is 16.8. The van der Waals surface area contributed by atoms with Crippen LogP contribution in [0.1, 0.15) is 16.8 Å². The van der Waals surface area contributed by atoms with Crippen LogP contribution in [0.3, 0.4) is 0 Å². The highest BCUT2D eigenvalue weighted by atomic mass is 35.5. The van der Waals surface area contributed by atoms with Crippen molar-refractivity contribution in [1.29, 1.82) is 0 Å². The predicted octanol–water partition coefficient (Wildman–Crippen LogP) is 4.15. The van der Waals surface area contributed by atoms with E-state index in [1.54, 1.807) is 48.5 Å². The average molecular weight is 419 g/mol. The number of para-hydroxylation sites is 1. The zero-order chi connectivity index (χ0) is 20.6. The molecule has 1 heterocycles. The Morgan fingerprint density at radius 1 is 0.933 bits per heavy atom. The van der Waals surface area contributed by atoms with Crippen LogP contribution in [-0.4, -0.2) is 17.7 Å². The Balaban J connectivity index is 1.30. The van der Waals surface area contributed by atoms with Crippen LogP contribution in [0.2, 0.25) is 5.02 Å². The smallest absolute Gasteiger partial charge is 0.255 e. The summed E-state index contributed by atoms with van der Waals surface area (Å²) in [4.78, 5) is 40.6. The van der Waals surface area contributed by atoms with E-state index >= 15 is 0 Å². The minimum Gasteiger partial charge on any atom is -0.321 e. The predicted molar refractivity (Wildman–Crippen MR) is 113 cm³/mol. The molecular formula is C24H19ClN2O3. The SMILES string of the molecule is O=C(Nc1ccccc1Cl)c1cccc(N2C(=O)[C@@H]3[C@H]4C=C[C@@H]([C@@H]5C[C@@H]45)[C@H]3C2=O)c1. The van der Waals surface area contributed by atoms with Crippen LogP contribution >= 0.6 is 11.6 Å². The molecule has 6 atom stereocenters. The lowest BCUT2D eigenvalue weighted by atomic mass is 9.63. The number of rotatable bonds is 3. The minimum absolute atomic E-state index is 0.127. The molecule has 2 saturated carbocycles. The molecule has 7 rings (SSSR count). The molecule has 4 aliphatic carbocycles. The maximum absolute atomic E-state index is 13.3. The van der Waals surface area contributed by atoms with Gasteiger partial charge in [-0.1, -0.05) is 42.0 Å². The number of nitrogens with zero attached hydrogens (tertiary/aromatic N) is 1. The van der Waals surface area contributed by atoms with Gasteiger partial charge in [0.2, 0.25) is 11.8 Å². The first-order chi connectivity index (χ1) is 14.5. The van der Waals surface area contributed by atoms with Crippen molar-refractivity contribution in [3.8, 4) is 0 Å². The van der Waals surface area contributed by atoms with Gasteiger partial charge in [0.05, 0.1) is 28.2 Å². The molecule has 2 aromatic rings. The normalized spacial score (nSPS) is 32.8. The van der Waals surface area contributed by atoms with Crippen molar-refractivity contribution in [2.24, 2.45) is 35.5 Å². The number of imide groups is 1. The lowest BCUT2D eigenvalue weighted by Gasteiger charge is -2.37. The van der Waals surface area contributed by atoms with Crippen LogP contribution < -0.4 is 10.2 Å². The highest BCUT2D eigenvalue weighted by Gasteiger charge is 2.67. The van der Waals surface area contributed by atoms with Crippen molar-refractivity contribution in [2.75, 3.05) is 10.2 Å². The van der Waals surface area contributed by atoms with Crippen LogP contribution in [-0.2, 0) is 9.59 Å². The second kappa shape index (κ2) is 6.29. The Bertz CT molecular complexity index is 1110. The van der Waals surface area contributed by atoms with E-state index in [-0.39, 0.29) is 41.4 Å². The van der Waals surface area contributed by atoms with Gasteiger partial charge in [-0.2, -0.15) is 0 Å². The molecule has 5 nitrogen and oxygen atoms in total. The van der Waals surface area contributed by atoms with E-state index < -0.39 is 0 Å². The van der Waals surface area contributed by atoms with Crippen LogP contribution in [0, 0.1) is 35.5 Å². The van der Waals surface area contributed by atoms with Crippen molar-refractivity contribution in [3.05, 3.63) is 71.3 Å². The van der Waals surface area contributed by atoms with E-state index in [1.807, 2.05) is 0 Å². The van der Waals surface area contributed by atoms with Crippen molar-refractivity contribution in [2.45, 2.75) is 6.42 Å². The number of hydrogen-bond acceptors (Lipinski definition) is 3. The molecule has 6 heteroatoms. The zero-order valence-electron chi connectivity index (χ0n) is 16.0. The number of anilines is 2. The van der Waals surface area contributed by atoms with Crippen LogP contribution in [0.25, 0.3) is 0 Å². The van der Waals surface area contributed by atoms with Gasteiger partial charge in [0, 0.05) is 5.56 Å². The molecule has 2 aromatic carbocycles. The summed E-state index contributed by atoms with van der Waals surface area (Å²) in [6.07, 6.45) is 5.44. The Hall–Kier alpha value is -2.92. The molecule has 3 amide bonds. The van der Waals surface area contributed by atoms with Gasteiger partial charge in [-0.15, -0.1) is 0 Å². The number of allylic oxidation sites excluding steroid dienone is 2. The fraction of sp³-hybridized carbons (Fsp3) is 0.292. The Morgan fingerprint density at radius 2 is 1.60 bits per heavy atom. The number of carbonyl (C=O) groups excluding carboxylic acids is 3. The molecule has 5 aliphatic rings. The number of benzene rings is 2. The summed E-state index contributed by atoms with van der Waals surface area (Å²) in [5.74, 6) is 0.377. The van der Waals surface area contributed by atoms with Gasteiger partial charge in [0.25, 0.3) is 5.91 Å². The number of carbonyl (C=O) groups is 3. The molecule has 30 heavy (non-hydrogen) atoms. The van der Waals surface area contributed by atoms with Crippen LogP contribution in [0.15, 0.2) is 60.7 Å². The van der Waals surface area contributed by atoms with E-state index in [1.165, 1.54) is 4.90 Å². The maximum Gasteiger partial charge on any atom is 0.255 e. The Kier molecular flexibility index (Phi) is 3.75. The summed E-state index contributed by atoms with van der Waals surface area (Å²) in [6.45, 7) is 0. The van der Waals surface area contributed by atoms with Crippen molar-refractivity contribution in [3.63, 3.8) is 0 Å². The third-order valence-electron chi connectivity index (χ3n) is 7.15. The number of nitrogens with one attached hydrogen (secondary N) is 1. The van der Waals surface area contributed by atoms with E-state index in [4.69, 9.17) is 11.6 Å². The third kappa shape index (κ3) is 2.45. The summed E-state index contributed by atoms with van der Waals surface area (Å²) in [7, 11) is 0. The summed E-state index contributed by atoms with van der Waals surface area (Å²) < 4.78 is 0. The largest absolute Gasteiger partial charge is 0.321 e. The van der Waals surface area contributed by atoms with Crippen LogP contribution in [0.4, 0.5) is 11.4 Å². The molecule has 0 unspecified atom stereocenters. The van der Waals surface area contributed by atoms with Crippen molar-refractivity contribution in [1.82, 2.24) is 0 Å². The van der Waals surface area contributed by atoms with E-state index in [0.717, 1.165) is 6.42 Å². The summed E-state index contributed by atoms with van der Waals surface area (Å²) in [5, 5.41) is 3.23. The second-order valence-electron chi connectivity index (χ2n) is 8.65. The van der Waals surface area contributed by atoms with E-state index in [9.17, 15) is 14.4 Å². The lowest BCUT2D eigenvalue weighted by molar-refractivity contribution is -0.124. The number of amides is 3. The standard InChI is InChI=1S/C24H19ClN2O3/c25-18-6-1-2-7-19(18)26-22(28)12-4-3-5-13(10-12)27-23(29)20-14-8-9-15(17-11-16(14)17)21(20)24(27)30/h1-10,14-17,20-21H,11H2,(H,26,28)/t14-,15-,16-,17-,20+,21+/m0/s1. The van der Waals surface area contributed by atoms with Gasteiger partial charge in [-0.05, 0) is 60.4 Å². The second-order valence-corrected chi connectivity index (χ2v) is 9.06. The monoisotopic (exact) mass is 418 g/mol. The summed E-state index contributed by atoms with van der Waals surface area (Å²) in [6, 6.07) is 13.7. The van der Waals surface area contributed by atoms with Gasteiger partial charge in [0.15, 0.2) is 0 Å². The van der Waals surface area contributed by atoms with Crippen molar-refractivity contribution >= 4 is 40.7 Å². The first kappa shape index (κ1) is 17.9. The molecule has 2 bridgehead atoms. The summed E-state index contributed by atoms with van der Waals surface area (Å²) >= 11 is 6.13. The van der Waals surface area contributed by atoms with Gasteiger partial charge < -0.3 is 5.32 Å². The maximum atomic E-state index is 13.3. The molecule has 150 valence electrons. The average Bonchev–Trinajstić information content (AvgIpc) is 3.53.